The number of thiazole rings is 1. The Morgan fingerprint density at radius 3 is 2.33 bits per heavy atom. The number of ether oxygens (including phenoxy) is 1. The molecule has 0 aliphatic carbocycles. The number of nitrogens with zero attached hydrogens (tertiary/aromatic N) is 1. The second kappa shape index (κ2) is 5.41. The van der Waals surface area contributed by atoms with Gasteiger partial charge in [0.05, 0.1) is 11.5 Å². The molecule has 1 atom stereocenters. The number of rotatable bonds is 4. The first-order valence-electron chi connectivity index (χ1n) is 4.45. The third kappa shape index (κ3) is 4.78. The zero-order chi connectivity index (χ0) is 14.0. The average Bonchev–Trinajstić information content (AvgIpc) is 2.62. The van der Waals surface area contributed by atoms with Crippen molar-refractivity contribution in [3.8, 4) is 0 Å². The molecule has 0 amide bonds. The van der Waals surface area contributed by atoms with E-state index in [-0.39, 0.29) is 16.2 Å². The summed E-state index contributed by atoms with van der Waals surface area (Å²) in [4.78, 5) is 2.82. The van der Waals surface area contributed by atoms with Crippen LogP contribution in [0, 0.1) is 0 Å². The lowest BCUT2D eigenvalue weighted by Crippen LogP contribution is -2.19. The molecular weight excluding hydrogens is 288 g/mol. The zero-order valence-electron chi connectivity index (χ0n) is 8.55. The molecule has 0 aliphatic rings. The molecule has 0 spiro atoms. The van der Waals surface area contributed by atoms with Crippen molar-refractivity contribution in [1.29, 1.82) is 0 Å². The van der Waals surface area contributed by atoms with Crippen molar-refractivity contribution in [3.05, 3.63) is 16.1 Å². The Morgan fingerprint density at radius 1 is 1.28 bits per heavy atom. The smallest absolute Gasteiger partial charge is 0.385 e. The molecule has 10 heteroatoms. The Hall–Kier alpha value is -0.870. The largest absolute Gasteiger partial charge is 0.443 e. The van der Waals surface area contributed by atoms with E-state index in [4.69, 9.17) is 0 Å². The summed E-state index contributed by atoms with van der Waals surface area (Å²) in [5.74, 6) is 0. The normalized spacial score (nSPS) is 14.8. The first-order valence-corrected chi connectivity index (χ1v) is 5.27. The molecule has 1 heterocycles. The minimum Gasteiger partial charge on any atom is -0.385 e. The van der Waals surface area contributed by atoms with Gasteiger partial charge in [-0.05, 0) is 0 Å². The summed E-state index contributed by atoms with van der Waals surface area (Å²) in [6.07, 6.45) is -10.0. The monoisotopic (exact) mass is 295 g/mol. The van der Waals surface area contributed by atoms with E-state index in [0.717, 1.165) is 6.20 Å². The van der Waals surface area contributed by atoms with Crippen molar-refractivity contribution < 1.29 is 36.2 Å². The van der Waals surface area contributed by atoms with Gasteiger partial charge in [-0.25, -0.2) is 4.98 Å². The standard InChI is InChI=1S/C8H7F6NO2S/c9-7(10,11)3-17-2-4(16)5-1-15-6(18-5)8(12,13)14/h1,4,16H,2-3H2. The molecule has 104 valence electrons. The second-order valence-electron chi connectivity index (χ2n) is 3.21. The first-order chi connectivity index (χ1) is 8.09. The van der Waals surface area contributed by atoms with Gasteiger partial charge in [0.15, 0.2) is 5.01 Å². The summed E-state index contributed by atoms with van der Waals surface area (Å²) < 4.78 is 75.7. The molecule has 1 aromatic heterocycles. The van der Waals surface area contributed by atoms with E-state index in [0.29, 0.717) is 0 Å². The van der Waals surface area contributed by atoms with Crippen LogP contribution in [-0.4, -0.2) is 29.5 Å². The van der Waals surface area contributed by atoms with Crippen LogP contribution in [0.5, 0.6) is 0 Å². The van der Waals surface area contributed by atoms with Gasteiger partial charge in [0.25, 0.3) is 0 Å². The summed E-state index contributed by atoms with van der Waals surface area (Å²) >= 11 is 0.158. The van der Waals surface area contributed by atoms with E-state index in [9.17, 15) is 31.4 Å². The summed E-state index contributed by atoms with van der Waals surface area (Å²) in [6.45, 7) is -2.33. The zero-order valence-corrected chi connectivity index (χ0v) is 9.36. The number of aromatic nitrogens is 1. The van der Waals surface area contributed by atoms with Crippen LogP contribution in [0.25, 0.3) is 0 Å². The number of aliphatic hydroxyl groups excluding tert-OH is 1. The molecule has 0 saturated carbocycles. The Labute approximate surface area is 101 Å². The van der Waals surface area contributed by atoms with Gasteiger partial charge < -0.3 is 9.84 Å². The fourth-order valence-electron chi connectivity index (χ4n) is 0.940. The average molecular weight is 295 g/mol. The van der Waals surface area contributed by atoms with Crippen LogP contribution in [0.2, 0.25) is 0 Å². The molecule has 18 heavy (non-hydrogen) atoms. The highest BCUT2D eigenvalue weighted by molar-refractivity contribution is 7.11. The number of aliphatic hydroxyl groups is 1. The number of halogens is 6. The number of hydrogen-bond donors (Lipinski definition) is 1. The number of alkyl halides is 6. The van der Waals surface area contributed by atoms with E-state index in [2.05, 4.69) is 9.72 Å². The van der Waals surface area contributed by atoms with Gasteiger partial charge in [-0.1, -0.05) is 0 Å². The van der Waals surface area contributed by atoms with Gasteiger partial charge in [-0.15, -0.1) is 11.3 Å². The molecule has 0 aromatic carbocycles. The second-order valence-corrected chi connectivity index (χ2v) is 4.27. The maximum atomic E-state index is 12.2. The van der Waals surface area contributed by atoms with Gasteiger partial charge in [0.2, 0.25) is 0 Å². The van der Waals surface area contributed by atoms with Crippen LogP contribution >= 0.6 is 11.3 Å². The Kier molecular flexibility index (Phi) is 4.56. The summed E-state index contributed by atoms with van der Waals surface area (Å²) in [5.41, 5.74) is 0. The molecule has 0 radical (unpaired) electrons. The van der Waals surface area contributed by atoms with Crippen molar-refractivity contribution in [1.82, 2.24) is 4.98 Å². The third-order valence-corrected chi connectivity index (χ3v) is 2.78. The van der Waals surface area contributed by atoms with Crippen molar-refractivity contribution in [2.24, 2.45) is 0 Å². The van der Waals surface area contributed by atoms with Crippen molar-refractivity contribution in [2.45, 2.75) is 18.5 Å². The lowest BCUT2D eigenvalue weighted by atomic mass is 10.3. The molecule has 3 nitrogen and oxygen atoms in total. The topological polar surface area (TPSA) is 42.4 Å². The Bertz CT molecular complexity index is 388. The van der Waals surface area contributed by atoms with E-state index in [1.807, 2.05) is 0 Å². The molecule has 1 unspecified atom stereocenters. The molecule has 1 rings (SSSR count). The van der Waals surface area contributed by atoms with Crippen LogP contribution in [0.1, 0.15) is 16.0 Å². The minimum absolute atomic E-state index is 0.158. The minimum atomic E-state index is -4.64. The maximum absolute atomic E-state index is 12.2. The molecule has 0 fully saturated rings. The van der Waals surface area contributed by atoms with Crippen molar-refractivity contribution >= 4 is 11.3 Å². The highest BCUT2D eigenvalue weighted by Gasteiger charge is 2.35. The predicted molar refractivity (Wildman–Crippen MR) is 48.9 cm³/mol. The van der Waals surface area contributed by atoms with Gasteiger partial charge >= 0.3 is 12.4 Å². The fraction of sp³-hybridized carbons (Fsp3) is 0.625. The van der Waals surface area contributed by atoms with Gasteiger partial charge in [-0.2, -0.15) is 26.3 Å². The molecule has 0 aliphatic heterocycles. The van der Waals surface area contributed by atoms with E-state index in [1.54, 1.807) is 0 Å². The van der Waals surface area contributed by atoms with E-state index in [1.165, 1.54) is 0 Å². The number of hydrogen-bond acceptors (Lipinski definition) is 4. The van der Waals surface area contributed by atoms with Crippen molar-refractivity contribution in [2.75, 3.05) is 13.2 Å². The first kappa shape index (κ1) is 15.2. The Balaban J connectivity index is 2.52. The SMILES string of the molecule is OC(COCC(F)(F)F)c1cnc(C(F)(F)F)s1. The van der Waals surface area contributed by atoms with Crippen LogP contribution < -0.4 is 0 Å². The maximum Gasteiger partial charge on any atom is 0.443 e. The van der Waals surface area contributed by atoms with Gasteiger partial charge in [-0.3, -0.25) is 0 Å². The molecule has 0 bridgehead atoms. The highest BCUT2D eigenvalue weighted by atomic mass is 32.1. The molecule has 1 N–H and O–H groups in total. The lowest BCUT2D eigenvalue weighted by Gasteiger charge is -2.10. The van der Waals surface area contributed by atoms with Crippen LogP contribution in [0.3, 0.4) is 0 Å². The Morgan fingerprint density at radius 2 is 1.89 bits per heavy atom. The fourth-order valence-corrected chi connectivity index (χ4v) is 1.69. The third-order valence-electron chi connectivity index (χ3n) is 1.64. The van der Waals surface area contributed by atoms with Gasteiger partial charge in [0.1, 0.15) is 12.7 Å². The van der Waals surface area contributed by atoms with Crippen molar-refractivity contribution in [3.63, 3.8) is 0 Å². The summed E-state index contributed by atoms with van der Waals surface area (Å²) in [7, 11) is 0. The summed E-state index contributed by atoms with van der Waals surface area (Å²) in [6, 6.07) is 0. The molecular formula is C8H7F6NO2S. The van der Waals surface area contributed by atoms with Crippen LogP contribution in [0.15, 0.2) is 6.20 Å². The van der Waals surface area contributed by atoms with E-state index < -0.39 is 36.7 Å². The van der Waals surface area contributed by atoms with Crippen LogP contribution in [0.4, 0.5) is 26.3 Å². The predicted octanol–water partition coefficient (Wildman–Crippen LogP) is 2.77. The van der Waals surface area contributed by atoms with Gasteiger partial charge in [0, 0.05) is 6.20 Å². The highest BCUT2D eigenvalue weighted by Crippen LogP contribution is 2.34. The van der Waals surface area contributed by atoms with E-state index >= 15 is 0 Å². The summed E-state index contributed by atoms with van der Waals surface area (Å²) in [5, 5.41) is 8.13. The quantitative estimate of drug-likeness (QED) is 0.869. The lowest BCUT2D eigenvalue weighted by molar-refractivity contribution is -0.179. The van der Waals surface area contributed by atoms with Crippen LogP contribution in [-0.2, 0) is 10.9 Å². The molecule has 0 saturated heterocycles. The molecule has 1 aromatic rings.